The third-order valence-electron chi connectivity index (χ3n) is 2.52. The summed E-state index contributed by atoms with van der Waals surface area (Å²) in [6.07, 6.45) is 3.73. The summed E-state index contributed by atoms with van der Waals surface area (Å²) in [5, 5.41) is 0. The molecular weight excluding hydrogens is 200 g/mol. The van der Waals surface area contributed by atoms with Crippen LogP contribution in [0.15, 0.2) is 42.7 Å². The summed E-state index contributed by atoms with van der Waals surface area (Å²) in [6.45, 7) is 4.69. The van der Waals surface area contributed by atoms with Crippen LogP contribution in [0.3, 0.4) is 0 Å². The second-order valence-electron chi connectivity index (χ2n) is 3.35. The van der Waals surface area contributed by atoms with Crippen LogP contribution in [0, 0.1) is 0 Å². The predicted molar refractivity (Wildman–Crippen MR) is 63.7 cm³/mol. The SMILES string of the molecule is CC.c1ccc(C2COc3nccn32)cc1. The molecule has 3 rings (SSSR count). The summed E-state index contributed by atoms with van der Waals surface area (Å²) in [4.78, 5) is 4.11. The third-order valence-corrected chi connectivity index (χ3v) is 2.52. The smallest absolute Gasteiger partial charge is 0.297 e. The molecule has 3 nitrogen and oxygen atoms in total. The summed E-state index contributed by atoms with van der Waals surface area (Å²) in [5.74, 6) is 0. The highest BCUT2D eigenvalue weighted by Gasteiger charge is 2.24. The minimum absolute atomic E-state index is 0.286. The zero-order valence-corrected chi connectivity index (χ0v) is 9.63. The van der Waals surface area contributed by atoms with Gasteiger partial charge in [0.1, 0.15) is 6.61 Å². The highest BCUT2D eigenvalue weighted by molar-refractivity contribution is 5.24. The standard InChI is InChI=1S/C11H10N2O.C2H6/c1-2-4-9(5-3-1)10-8-14-11-12-6-7-13(10)11;1-2/h1-7,10H,8H2;1-2H3. The van der Waals surface area contributed by atoms with Gasteiger partial charge in [0.05, 0.1) is 6.04 Å². The van der Waals surface area contributed by atoms with Gasteiger partial charge in [-0.15, -0.1) is 0 Å². The van der Waals surface area contributed by atoms with Crippen molar-refractivity contribution < 1.29 is 4.74 Å². The van der Waals surface area contributed by atoms with Crippen molar-refractivity contribution in [3.05, 3.63) is 48.3 Å². The first-order chi connectivity index (χ1) is 7.95. The molecule has 0 amide bonds. The lowest BCUT2D eigenvalue weighted by molar-refractivity contribution is 0.331. The molecule has 1 aromatic heterocycles. The van der Waals surface area contributed by atoms with Crippen LogP contribution in [-0.2, 0) is 0 Å². The molecule has 0 aliphatic carbocycles. The number of fused-ring (bicyclic) bond motifs is 1. The maximum atomic E-state index is 5.46. The lowest BCUT2D eigenvalue weighted by Crippen LogP contribution is -2.07. The van der Waals surface area contributed by atoms with Crippen molar-refractivity contribution in [2.75, 3.05) is 6.61 Å². The average molecular weight is 216 g/mol. The minimum atomic E-state index is 0.286. The van der Waals surface area contributed by atoms with Crippen LogP contribution in [0.4, 0.5) is 0 Å². The molecular formula is C13H16N2O. The fraction of sp³-hybridized carbons (Fsp3) is 0.308. The van der Waals surface area contributed by atoms with Crippen LogP contribution in [0.25, 0.3) is 0 Å². The Morgan fingerprint density at radius 1 is 1.25 bits per heavy atom. The van der Waals surface area contributed by atoms with E-state index in [2.05, 4.69) is 21.7 Å². The molecule has 0 bridgehead atoms. The maximum Gasteiger partial charge on any atom is 0.297 e. The summed E-state index contributed by atoms with van der Waals surface area (Å²) < 4.78 is 7.52. The summed E-state index contributed by atoms with van der Waals surface area (Å²) >= 11 is 0. The first kappa shape index (κ1) is 10.7. The number of nitrogens with zero attached hydrogens (tertiary/aromatic N) is 2. The monoisotopic (exact) mass is 216 g/mol. The van der Waals surface area contributed by atoms with E-state index in [0.717, 1.165) is 6.01 Å². The number of benzene rings is 1. The molecule has 1 aromatic carbocycles. The van der Waals surface area contributed by atoms with Gasteiger partial charge in [0, 0.05) is 12.4 Å². The van der Waals surface area contributed by atoms with E-state index in [0.29, 0.717) is 6.61 Å². The number of hydrogen-bond donors (Lipinski definition) is 0. The van der Waals surface area contributed by atoms with Gasteiger partial charge in [0.15, 0.2) is 0 Å². The Kier molecular flexibility index (Phi) is 3.25. The Hall–Kier alpha value is -1.77. The molecule has 16 heavy (non-hydrogen) atoms. The van der Waals surface area contributed by atoms with E-state index in [1.807, 2.05) is 38.2 Å². The molecule has 0 N–H and O–H groups in total. The van der Waals surface area contributed by atoms with Crippen molar-refractivity contribution in [1.82, 2.24) is 9.55 Å². The van der Waals surface area contributed by atoms with Crippen molar-refractivity contribution in [2.45, 2.75) is 19.9 Å². The van der Waals surface area contributed by atoms with Crippen molar-refractivity contribution >= 4 is 0 Å². The molecule has 0 saturated heterocycles. The van der Waals surface area contributed by atoms with E-state index in [4.69, 9.17) is 4.74 Å². The number of ether oxygens (including phenoxy) is 1. The molecule has 3 heteroatoms. The van der Waals surface area contributed by atoms with E-state index in [9.17, 15) is 0 Å². The first-order valence-electron chi connectivity index (χ1n) is 5.66. The van der Waals surface area contributed by atoms with E-state index >= 15 is 0 Å². The number of aromatic nitrogens is 2. The van der Waals surface area contributed by atoms with Crippen LogP contribution in [0.2, 0.25) is 0 Å². The molecule has 0 radical (unpaired) electrons. The predicted octanol–water partition coefficient (Wildman–Crippen LogP) is 2.89. The van der Waals surface area contributed by atoms with Gasteiger partial charge >= 0.3 is 0 Å². The number of hydrogen-bond acceptors (Lipinski definition) is 2. The number of imidazole rings is 1. The molecule has 1 aliphatic rings. The third kappa shape index (κ3) is 1.81. The molecule has 0 fully saturated rings. The molecule has 0 saturated carbocycles. The van der Waals surface area contributed by atoms with E-state index < -0.39 is 0 Å². The van der Waals surface area contributed by atoms with Crippen LogP contribution in [0.5, 0.6) is 6.01 Å². The summed E-state index contributed by atoms with van der Waals surface area (Å²) in [5.41, 5.74) is 1.27. The van der Waals surface area contributed by atoms with Gasteiger partial charge in [0.25, 0.3) is 6.01 Å². The highest BCUT2D eigenvalue weighted by Crippen LogP contribution is 2.28. The molecule has 1 unspecified atom stereocenters. The largest absolute Gasteiger partial charge is 0.462 e. The highest BCUT2D eigenvalue weighted by atomic mass is 16.5. The Balaban J connectivity index is 0.000000457. The van der Waals surface area contributed by atoms with E-state index in [-0.39, 0.29) is 6.04 Å². The van der Waals surface area contributed by atoms with Crippen molar-refractivity contribution in [3.8, 4) is 6.01 Å². The topological polar surface area (TPSA) is 27.1 Å². The maximum absolute atomic E-state index is 5.46. The van der Waals surface area contributed by atoms with Crippen molar-refractivity contribution in [3.63, 3.8) is 0 Å². The quantitative estimate of drug-likeness (QED) is 0.733. The Bertz CT molecular complexity index is 436. The molecule has 2 heterocycles. The zero-order valence-electron chi connectivity index (χ0n) is 9.63. The van der Waals surface area contributed by atoms with Crippen LogP contribution >= 0.6 is 0 Å². The average Bonchev–Trinajstić information content (AvgIpc) is 2.94. The summed E-state index contributed by atoms with van der Waals surface area (Å²) in [6, 6.07) is 11.3. The Morgan fingerprint density at radius 3 is 2.75 bits per heavy atom. The second kappa shape index (κ2) is 4.84. The van der Waals surface area contributed by atoms with E-state index in [1.165, 1.54) is 5.56 Å². The fourth-order valence-electron chi connectivity index (χ4n) is 1.81. The Labute approximate surface area is 95.7 Å². The molecule has 2 aromatic rings. The number of rotatable bonds is 1. The van der Waals surface area contributed by atoms with Gasteiger partial charge in [-0.2, -0.15) is 0 Å². The Morgan fingerprint density at radius 2 is 2.00 bits per heavy atom. The van der Waals surface area contributed by atoms with E-state index in [1.54, 1.807) is 6.20 Å². The van der Waals surface area contributed by atoms with Crippen molar-refractivity contribution in [1.29, 1.82) is 0 Å². The normalized spacial score (nSPS) is 17.0. The van der Waals surface area contributed by atoms with Crippen LogP contribution in [-0.4, -0.2) is 16.2 Å². The lowest BCUT2D eigenvalue weighted by atomic mass is 10.1. The molecule has 84 valence electrons. The first-order valence-corrected chi connectivity index (χ1v) is 5.66. The summed E-state index contributed by atoms with van der Waals surface area (Å²) in [7, 11) is 0. The zero-order chi connectivity index (χ0) is 11.4. The van der Waals surface area contributed by atoms with Gasteiger partial charge in [-0.05, 0) is 5.56 Å². The van der Waals surface area contributed by atoms with Gasteiger partial charge < -0.3 is 4.74 Å². The van der Waals surface area contributed by atoms with Crippen LogP contribution in [0.1, 0.15) is 25.5 Å². The van der Waals surface area contributed by atoms with Gasteiger partial charge in [-0.25, -0.2) is 4.98 Å². The van der Waals surface area contributed by atoms with Crippen LogP contribution < -0.4 is 4.74 Å². The molecule has 1 atom stereocenters. The van der Waals surface area contributed by atoms with Gasteiger partial charge in [0.2, 0.25) is 0 Å². The molecule has 0 spiro atoms. The fourth-order valence-corrected chi connectivity index (χ4v) is 1.81. The lowest BCUT2D eigenvalue weighted by Gasteiger charge is -2.09. The van der Waals surface area contributed by atoms with Crippen molar-refractivity contribution in [2.24, 2.45) is 0 Å². The molecule has 1 aliphatic heterocycles. The minimum Gasteiger partial charge on any atom is -0.462 e. The van der Waals surface area contributed by atoms with Gasteiger partial charge in [-0.1, -0.05) is 44.2 Å². The van der Waals surface area contributed by atoms with Gasteiger partial charge in [-0.3, -0.25) is 4.57 Å². The second-order valence-corrected chi connectivity index (χ2v) is 3.35.